The third-order valence-electron chi connectivity index (χ3n) is 6.16. The summed E-state index contributed by atoms with van der Waals surface area (Å²) in [6.07, 6.45) is 4.98. The van der Waals surface area contributed by atoms with Crippen LogP contribution in [0.15, 0.2) is 60.8 Å². The smallest absolute Gasteiger partial charge is 0.171 e. The van der Waals surface area contributed by atoms with Gasteiger partial charge in [-0.2, -0.15) is 0 Å². The van der Waals surface area contributed by atoms with Crippen molar-refractivity contribution in [1.29, 1.82) is 0 Å². The van der Waals surface area contributed by atoms with Gasteiger partial charge in [0, 0.05) is 45.7 Å². The number of imidazole rings is 1. The second kappa shape index (κ2) is 13.0. The summed E-state index contributed by atoms with van der Waals surface area (Å²) in [5.74, 6) is 0.784. The van der Waals surface area contributed by atoms with Crippen molar-refractivity contribution in [3.8, 4) is 11.5 Å². The van der Waals surface area contributed by atoms with E-state index in [0.717, 1.165) is 55.1 Å². The van der Waals surface area contributed by atoms with Gasteiger partial charge >= 0.3 is 0 Å². The van der Waals surface area contributed by atoms with Crippen LogP contribution in [-0.4, -0.2) is 51.8 Å². The Morgan fingerprint density at radius 3 is 2.49 bits per heavy atom. The lowest BCUT2D eigenvalue weighted by Gasteiger charge is -2.31. The fourth-order valence-electron chi connectivity index (χ4n) is 4.38. The largest absolute Gasteiger partial charge is 0.372 e. The number of hydrogen-bond donors (Lipinski definition) is 0. The quantitative estimate of drug-likeness (QED) is 0.259. The van der Waals surface area contributed by atoms with Crippen molar-refractivity contribution < 1.29 is 0 Å². The minimum absolute atomic E-state index is 0. The molecule has 5 rings (SSSR count). The first-order chi connectivity index (χ1) is 15.7. The van der Waals surface area contributed by atoms with E-state index in [9.17, 15) is 0 Å². The molecule has 10 heteroatoms. The second-order valence-corrected chi connectivity index (χ2v) is 9.22. The molecule has 0 radical (unpaired) electrons. The number of nitrogens with zero attached hydrogens (tertiary/aromatic N) is 5. The summed E-state index contributed by atoms with van der Waals surface area (Å²) < 4.78 is 2.10. The molecule has 0 spiro atoms. The third-order valence-corrected chi connectivity index (χ3v) is 7.26. The van der Waals surface area contributed by atoms with E-state index >= 15 is 0 Å². The number of anilines is 1. The van der Waals surface area contributed by atoms with E-state index in [-0.39, 0.29) is 37.2 Å². The maximum atomic E-state index is 6.90. The highest BCUT2D eigenvalue weighted by Gasteiger charge is 2.20. The van der Waals surface area contributed by atoms with Crippen molar-refractivity contribution in [1.82, 2.24) is 18.8 Å². The fourth-order valence-corrected chi connectivity index (χ4v) is 5.37. The average molecular weight is 573 g/mol. The van der Waals surface area contributed by atoms with E-state index in [2.05, 4.69) is 56.1 Å². The number of halogens is 4. The van der Waals surface area contributed by atoms with E-state index in [0.29, 0.717) is 10.7 Å². The number of likely N-dealkylation sites (N-methyl/N-ethyl adjacent to an activating group) is 1. The van der Waals surface area contributed by atoms with Crippen LogP contribution in [0.3, 0.4) is 0 Å². The molecule has 1 aliphatic rings. The monoisotopic (exact) mass is 571 g/mol. The lowest BCUT2D eigenvalue weighted by Crippen LogP contribution is -2.36. The Morgan fingerprint density at radius 2 is 1.71 bits per heavy atom. The van der Waals surface area contributed by atoms with E-state index in [4.69, 9.17) is 16.6 Å². The molecular weight excluding hydrogens is 544 g/mol. The Bertz CT molecular complexity index is 1270. The summed E-state index contributed by atoms with van der Waals surface area (Å²) >= 11 is 8.51. The molecule has 2 aromatic heterocycles. The molecule has 0 bridgehead atoms. The van der Waals surface area contributed by atoms with Gasteiger partial charge in [-0.05, 0) is 47.7 Å². The van der Waals surface area contributed by atoms with Crippen molar-refractivity contribution in [2.45, 2.75) is 13.0 Å². The fraction of sp³-hybridized carbons (Fsp3) is 0.280. The Morgan fingerprint density at radius 1 is 1.00 bits per heavy atom. The molecule has 188 valence electrons. The summed E-state index contributed by atoms with van der Waals surface area (Å²) in [7, 11) is 2.10. The first kappa shape index (κ1) is 29.6. The highest BCUT2D eigenvalue weighted by Crippen LogP contribution is 2.36. The van der Waals surface area contributed by atoms with Crippen molar-refractivity contribution in [3.63, 3.8) is 0 Å². The number of aromatic nitrogens is 3. The molecule has 0 saturated heterocycles. The molecular formula is C25H29Cl4N5S. The van der Waals surface area contributed by atoms with Gasteiger partial charge in [0.05, 0.1) is 21.7 Å². The number of fused-ring (bicyclic) bond motifs is 2. The summed E-state index contributed by atoms with van der Waals surface area (Å²) in [6.45, 7) is 3.99. The molecule has 5 nitrogen and oxygen atoms in total. The zero-order chi connectivity index (χ0) is 22.1. The second-order valence-electron chi connectivity index (χ2n) is 8.11. The number of rotatable bonds is 6. The lowest BCUT2D eigenvalue weighted by atomic mass is 10.00. The lowest BCUT2D eigenvalue weighted by molar-refractivity contribution is 0.260. The number of para-hydroxylation sites is 2. The highest BCUT2D eigenvalue weighted by molar-refractivity contribution is 7.97. The van der Waals surface area contributed by atoms with Crippen molar-refractivity contribution >= 4 is 77.5 Å². The molecule has 2 aromatic carbocycles. The third kappa shape index (κ3) is 6.01. The number of hydrogen-bond acceptors (Lipinski definition) is 5. The minimum Gasteiger partial charge on any atom is -0.372 e. The molecule has 0 unspecified atom stereocenters. The van der Waals surface area contributed by atoms with Gasteiger partial charge in [-0.1, -0.05) is 48.0 Å². The number of pyridine rings is 1. The summed E-state index contributed by atoms with van der Waals surface area (Å²) in [5, 5.41) is 0.643. The van der Waals surface area contributed by atoms with E-state index < -0.39 is 0 Å². The van der Waals surface area contributed by atoms with Crippen LogP contribution in [0, 0.1) is 0 Å². The normalized spacial score (nSPS) is 12.8. The van der Waals surface area contributed by atoms with Gasteiger partial charge in [0.15, 0.2) is 5.82 Å². The molecule has 35 heavy (non-hydrogen) atoms. The van der Waals surface area contributed by atoms with Gasteiger partial charge < -0.3 is 4.90 Å². The van der Waals surface area contributed by atoms with Crippen LogP contribution < -0.4 is 4.90 Å². The van der Waals surface area contributed by atoms with E-state index in [1.54, 1.807) is 11.9 Å². The summed E-state index contributed by atoms with van der Waals surface area (Å²) in [4.78, 5) is 14.2. The molecule has 0 amide bonds. The SMILES string of the molecule is CSn1c(-c2nccc(N(C)CCN3CCc4ccccc4C3)c2Cl)nc2ccccc21.Cl.Cl.Cl. The molecule has 4 aromatic rings. The van der Waals surface area contributed by atoms with Crippen LogP contribution in [0.2, 0.25) is 5.02 Å². The van der Waals surface area contributed by atoms with Gasteiger partial charge in [0.2, 0.25) is 0 Å². The minimum atomic E-state index is 0. The van der Waals surface area contributed by atoms with Crippen LogP contribution >= 0.6 is 60.8 Å². The van der Waals surface area contributed by atoms with Gasteiger partial charge in [0.25, 0.3) is 0 Å². The molecule has 1 aliphatic heterocycles. The van der Waals surface area contributed by atoms with E-state index in [1.807, 2.05) is 36.7 Å². The Kier molecular flexibility index (Phi) is 11.0. The maximum Gasteiger partial charge on any atom is 0.171 e. The molecule has 0 atom stereocenters. The first-order valence-corrected chi connectivity index (χ1v) is 12.4. The molecule has 3 heterocycles. The standard InChI is InChI=1S/C25H26ClN5S.3ClH/c1-29(15-16-30-14-12-18-7-3-4-8-19(18)17-30)22-11-13-27-24(23(22)26)25-28-20-9-5-6-10-21(20)31(25)32-2;;;/h3-11,13H,12,14-17H2,1-2H3;3*1H. The van der Waals surface area contributed by atoms with Crippen molar-refractivity contribution in [2.24, 2.45) is 0 Å². The van der Waals surface area contributed by atoms with Crippen LogP contribution in [0.4, 0.5) is 5.69 Å². The zero-order valence-corrected chi connectivity index (χ0v) is 23.6. The van der Waals surface area contributed by atoms with Crippen LogP contribution in [0.1, 0.15) is 11.1 Å². The first-order valence-electron chi connectivity index (χ1n) is 10.8. The zero-order valence-electron chi connectivity index (χ0n) is 19.6. The predicted octanol–water partition coefficient (Wildman–Crippen LogP) is 6.64. The Balaban J connectivity index is 0.00000144. The molecule has 0 saturated carbocycles. The highest BCUT2D eigenvalue weighted by atomic mass is 35.5. The van der Waals surface area contributed by atoms with Gasteiger partial charge in [-0.15, -0.1) is 37.2 Å². The van der Waals surface area contributed by atoms with Gasteiger partial charge in [-0.3, -0.25) is 13.9 Å². The van der Waals surface area contributed by atoms with Gasteiger partial charge in [0.1, 0.15) is 5.69 Å². The van der Waals surface area contributed by atoms with Crippen LogP contribution in [0.25, 0.3) is 22.6 Å². The van der Waals surface area contributed by atoms with Crippen molar-refractivity contribution in [2.75, 3.05) is 37.8 Å². The molecule has 0 fully saturated rings. The predicted molar refractivity (Wildman–Crippen MR) is 157 cm³/mol. The molecule has 0 N–H and O–H groups in total. The average Bonchev–Trinajstić information content (AvgIpc) is 3.21. The maximum absolute atomic E-state index is 6.90. The summed E-state index contributed by atoms with van der Waals surface area (Å²) in [6, 6.07) is 18.9. The Labute approximate surface area is 234 Å². The topological polar surface area (TPSA) is 37.2 Å². The Hall–Kier alpha value is -1.67. The molecule has 0 aliphatic carbocycles. The van der Waals surface area contributed by atoms with Crippen molar-refractivity contribution in [3.05, 3.63) is 76.9 Å². The van der Waals surface area contributed by atoms with Gasteiger partial charge in [-0.25, -0.2) is 4.98 Å². The number of benzene rings is 2. The van der Waals surface area contributed by atoms with Crippen LogP contribution in [-0.2, 0) is 13.0 Å². The van der Waals surface area contributed by atoms with E-state index in [1.165, 1.54) is 11.1 Å². The summed E-state index contributed by atoms with van der Waals surface area (Å²) in [5.41, 5.74) is 6.63. The van der Waals surface area contributed by atoms with Crippen LogP contribution in [0.5, 0.6) is 0 Å².